The zero-order chi connectivity index (χ0) is 19.0. The number of urea groups is 1. The van der Waals surface area contributed by atoms with Crippen molar-refractivity contribution in [1.82, 2.24) is 5.43 Å². The summed E-state index contributed by atoms with van der Waals surface area (Å²) in [4.78, 5) is 19.7. The fourth-order valence-corrected chi connectivity index (χ4v) is 2.82. The molecule has 140 valence electrons. The summed E-state index contributed by atoms with van der Waals surface area (Å²) in [5.74, 6) is 1.69. The summed E-state index contributed by atoms with van der Waals surface area (Å²) in [7, 11) is 0. The van der Waals surface area contributed by atoms with Crippen molar-refractivity contribution in [2.45, 2.75) is 46.1 Å². The third kappa shape index (κ3) is 7.34. The molecule has 25 heavy (non-hydrogen) atoms. The fraction of sp³-hybridized carbons (Fsp3) is 0.625. The number of amides is 2. The lowest BCUT2D eigenvalue weighted by Crippen LogP contribution is -2.31. The van der Waals surface area contributed by atoms with Crippen molar-refractivity contribution in [3.8, 4) is 0 Å². The highest BCUT2D eigenvalue weighted by molar-refractivity contribution is 5.78. The van der Waals surface area contributed by atoms with Crippen LogP contribution in [0, 0.1) is 27.9 Å². The van der Waals surface area contributed by atoms with Gasteiger partial charge in [0.05, 0.1) is 18.4 Å². The number of furan rings is 1. The van der Waals surface area contributed by atoms with Gasteiger partial charge in [-0.05, 0) is 36.7 Å². The van der Waals surface area contributed by atoms with E-state index < -0.39 is 16.8 Å². The van der Waals surface area contributed by atoms with Gasteiger partial charge >= 0.3 is 11.9 Å². The van der Waals surface area contributed by atoms with Crippen molar-refractivity contribution in [2.24, 2.45) is 28.6 Å². The van der Waals surface area contributed by atoms with E-state index in [1.807, 2.05) is 5.43 Å². The maximum atomic E-state index is 10.2. The molecule has 3 unspecified atom stereocenters. The Hall–Kier alpha value is -2.42. The molecule has 0 saturated heterocycles. The summed E-state index contributed by atoms with van der Waals surface area (Å²) in [6.07, 6.45) is 4.61. The fourth-order valence-electron chi connectivity index (χ4n) is 2.82. The third-order valence-corrected chi connectivity index (χ3v) is 4.15. The average Bonchev–Trinajstić information content (AvgIpc) is 2.96. The Morgan fingerprint density at radius 3 is 2.68 bits per heavy atom. The van der Waals surface area contributed by atoms with E-state index in [2.05, 4.69) is 30.3 Å². The highest BCUT2D eigenvalue weighted by Crippen LogP contribution is 2.33. The molecule has 1 aromatic heterocycles. The molecular formula is C16H26N4O5. The molecule has 2 amide bonds. The van der Waals surface area contributed by atoms with Crippen LogP contribution in [-0.4, -0.2) is 28.4 Å². The zero-order valence-corrected chi connectivity index (χ0v) is 14.7. The molecule has 0 aliphatic heterocycles. The van der Waals surface area contributed by atoms with Gasteiger partial charge in [0.25, 0.3) is 0 Å². The summed E-state index contributed by atoms with van der Waals surface area (Å²) < 4.78 is 4.69. The standard InChI is InChI=1S/C10H20O.C6H6N4O4/c1-7(2)9-5-4-8(3)6-10(9)11;7-6(11)9-8-3-4-1-2-5(14-4)10(12)13/h7-11H,4-6H2,1-3H3;1-3H,(H3,7,9,11)/b;8-3+. The van der Waals surface area contributed by atoms with Gasteiger partial charge in [-0.25, -0.2) is 10.2 Å². The molecule has 9 heteroatoms. The van der Waals surface area contributed by atoms with E-state index in [0.29, 0.717) is 11.8 Å². The molecule has 3 atom stereocenters. The molecule has 0 radical (unpaired) electrons. The quantitative estimate of drug-likeness (QED) is 0.432. The zero-order valence-electron chi connectivity index (χ0n) is 14.7. The number of hydrogen-bond donors (Lipinski definition) is 3. The number of aliphatic hydroxyl groups excluding tert-OH is 1. The minimum Gasteiger partial charge on any atom is -0.400 e. The number of nitrogens with two attached hydrogens (primary N) is 1. The Morgan fingerprint density at radius 1 is 1.52 bits per heavy atom. The molecule has 0 aromatic carbocycles. The Bertz CT molecular complexity index is 599. The maximum Gasteiger partial charge on any atom is 0.433 e. The molecule has 0 spiro atoms. The molecule has 1 aliphatic carbocycles. The monoisotopic (exact) mass is 354 g/mol. The smallest absolute Gasteiger partial charge is 0.400 e. The van der Waals surface area contributed by atoms with Crippen LogP contribution in [0.15, 0.2) is 21.7 Å². The van der Waals surface area contributed by atoms with E-state index in [9.17, 15) is 20.0 Å². The van der Waals surface area contributed by atoms with Gasteiger partial charge in [0, 0.05) is 0 Å². The minimum absolute atomic E-state index is 0.0289. The van der Waals surface area contributed by atoms with Crippen LogP contribution in [-0.2, 0) is 0 Å². The molecule has 1 heterocycles. The van der Waals surface area contributed by atoms with Gasteiger partial charge in [-0.3, -0.25) is 10.1 Å². The van der Waals surface area contributed by atoms with E-state index >= 15 is 0 Å². The maximum absolute atomic E-state index is 10.2. The third-order valence-electron chi connectivity index (χ3n) is 4.15. The second kappa shape index (κ2) is 9.77. The largest absolute Gasteiger partial charge is 0.433 e. The first kappa shape index (κ1) is 20.6. The van der Waals surface area contributed by atoms with E-state index in [4.69, 9.17) is 5.73 Å². The summed E-state index contributed by atoms with van der Waals surface area (Å²) in [6.45, 7) is 6.66. The van der Waals surface area contributed by atoms with Crippen molar-refractivity contribution in [1.29, 1.82) is 0 Å². The SMILES string of the molecule is CC1CCC(C(C)C)C(O)C1.NC(=O)N/N=C/c1ccc([N+](=O)[O-])o1. The highest BCUT2D eigenvalue weighted by Gasteiger charge is 2.28. The van der Waals surface area contributed by atoms with Crippen LogP contribution in [0.2, 0.25) is 0 Å². The van der Waals surface area contributed by atoms with Crippen LogP contribution in [0.5, 0.6) is 0 Å². The van der Waals surface area contributed by atoms with Crippen molar-refractivity contribution >= 4 is 18.1 Å². The number of carbonyl (C=O) groups is 1. The lowest BCUT2D eigenvalue weighted by molar-refractivity contribution is -0.402. The van der Waals surface area contributed by atoms with Gasteiger partial charge in [-0.15, -0.1) is 0 Å². The molecule has 1 fully saturated rings. The van der Waals surface area contributed by atoms with E-state index in [1.165, 1.54) is 25.0 Å². The topological polar surface area (TPSA) is 144 Å². The second-order valence-electron chi connectivity index (χ2n) is 6.56. The normalized spacial score (nSPS) is 23.2. The number of rotatable bonds is 4. The first-order valence-corrected chi connectivity index (χ1v) is 8.21. The Morgan fingerprint density at radius 2 is 2.20 bits per heavy atom. The summed E-state index contributed by atoms with van der Waals surface area (Å²) in [6, 6.07) is 1.68. The first-order valence-electron chi connectivity index (χ1n) is 8.21. The predicted octanol–water partition coefficient (Wildman–Crippen LogP) is 2.63. The van der Waals surface area contributed by atoms with Crippen LogP contribution in [0.25, 0.3) is 0 Å². The predicted molar refractivity (Wildman–Crippen MR) is 93.0 cm³/mol. The summed E-state index contributed by atoms with van der Waals surface area (Å²) in [5, 5.41) is 23.2. The number of carbonyl (C=O) groups excluding carboxylic acids is 1. The van der Waals surface area contributed by atoms with Gasteiger partial charge in [0.15, 0.2) is 5.76 Å². The minimum atomic E-state index is -0.831. The molecular weight excluding hydrogens is 328 g/mol. The van der Waals surface area contributed by atoms with Crippen LogP contribution in [0.4, 0.5) is 10.7 Å². The van der Waals surface area contributed by atoms with E-state index in [1.54, 1.807) is 0 Å². The molecule has 1 aliphatic rings. The van der Waals surface area contributed by atoms with Crippen LogP contribution < -0.4 is 11.2 Å². The number of primary amides is 1. The summed E-state index contributed by atoms with van der Waals surface area (Å²) in [5.41, 5.74) is 6.62. The summed E-state index contributed by atoms with van der Waals surface area (Å²) >= 11 is 0. The van der Waals surface area contributed by atoms with Crippen LogP contribution in [0.3, 0.4) is 0 Å². The number of aliphatic hydroxyl groups is 1. The van der Waals surface area contributed by atoms with Gasteiger partial charge in [0.2, 0.25) is 0 Å². The molecule has 4 N–H and O–H groups in total. The molecule has 2 rings (SSSR count). The van der Waals surface area contributed by atoms with Gasteiger partial charge in [-0.1, -0.05) is 27.2 Å². The Balaban J connectivity index is 0.000000257. The van der Waals surface area contributed by atoms with Gasteiger partial charge in [0.1, 0.15) is 4.92 Å². The van der Waals surface area contributed by atoms with Crippen LogP contribution in [0.1, 0.15) is 45.8 Å². The number of nitrogens with zero attached hydrogens (tertiary/aromatic N) is 2. The van der Waals surface area contributed by atoms with Crippen molar-refractivity contribution in [2.75, 3.05) is 0 Å². The number of hydrogen-bond acceptors (Lipinski definition) is 6. The van der Waals surface area contributed by atoms with Crippen LogP contribution >= 0.6 is 0 Å². The lowest BCUT2D eigenvalue weighted by atomic mass is 9.75. The van der Waals surface area contributed by atoms with Gasteiger partial charge < -0.3 is 15.3 Å². The molecule has 0 bridgehead atoms. The van der Waals surface area contributed by atoms with Crippen molar-refractivity contribution in [3.63, 3.8) is 0 Å². The number of hydrazone groups is 1. The number of nitro groups is 1. The van der Waals surface area contributed by atoms with Crippen molar-refractivity contribution < 1.29 is 19.2 Å². The lowest BCUT2D eigenvalue weighted by Gasteiger charge is -2.33. The van der Waals surface area contributed by atoms with Crippen molar-refractivity contribution in [3.05, 3.63) is 28.0 Å². The Kier molecular flexibility index (Phi) is 8.06. The average molecular weight is 354 g/mol. The second-order valence-corrected chi connectivity index (χ2v) is 6.56. The van der Waals surface area contributed by atoms with E-state index in [0.717, 1.165) is 18.6 Å². The first-order chi connectivity index (χ1) is 11.7. The molecule has 1 aromatic rings. The Labute approximate surface area is 146 Å². The molecule has 1 saturated carbocycles. The number of nitrogens with one attached hydrogen (secondary N) is 1. The van der Waals surface area contributed by atoms with E-state index in [-0.39, 0.29) is 11.9 Å². The highest BCUT2D eigenvalue weighted by atomic mass is 16.6. The van der Waals surface area contributed by atoms with Gasteiger partial charge in [-0.2, -0.15) is 5.10 Å². The molecule has 9 nitrogen and oxygen atoms in total.